The summed E-state index contributed by atoms with van der Waals surface area (Å²) in [7, 11) is 1.29. The number of likely N-dealkylation sites (tertiary alicyclic amines) is 2. The van der Waals surface area contributed by atoms with Gasteiger partial charge in [-0.15, -0.1) is 23.2 Å². The molecule has 4 aliphatic rings. The molecule has 0 spiro atoms. The Balaban J connectivity index is 1.66. The number of carbonyl (C=O) groups excluding carboxylic acids is 4. The minimum absolute atomic E-state index is 0.146. The number of amides is 4. The van der Waals surface area contributed by atoms with Crippen molar-refractivity contribution in [3.63, 3.8) is 0 Å². The third-order valence-corrected chi connectivity index (χ3v) is 9.32. The number of fused-ring (bicyclic) bond motifs is 4. The number of phenolic OH excluding ortho intramolecular Hbond substituents is 1. The van der Waals surface area contributed by atoms with Gasteiger partial charge < -0.3 is 10.2 Å². The standard InChI is InChI=1S/C24H22Cl2N2O7/c1-27-21(34)23(25)10-14-11(18(24(23,26)22(27)35)12-4-2-3-5-15(12)29)6-7-13-17(14)20(33)28(19(13)32)9-8-16(30)31/h2-6,13-14,17-18,29H,7-10H2,1H3,(H,30,31)/t13-,14+,17-,18+,23+,24-/m0/s1. The van der Waals surface area contributed by atoms with Crippen LogP contribution in [0.15, 0.2) is 35.9 Å². The third kappa shape index (κ3) is 2.97. The normalized spacial score (nSPS) is 36.1. The summed E-state index contributed by atoms with van der Waals surface area (Å²) < 4.78 is 0. The van der Waals surface area contributed by atoms with E-state index in [9.17, 15) is 29.1 Å². The Morgan fingerprint density at radius 1 is 1.09 bits per heavy atom. The Kier molecular flexibility index (Phi) is 5.30. The Hall–Kier alpha value is -2.91. The van der Waals surface area contributed by atoms with Gasteiger partial charge in [0, 0.05) is 25.1 Å². The maximum absolute atomic E-state index is 13.4. The largest absolute Gasteiger partial charge is 0.508 e. The summed E-state index contributed by atoms with van der Waals surface area (Å²) in [6.07, 6.45) is 1.39. The molecule has 2 N–H and O–H groups in total. The Labute approximate surface area is 210 Å². The maximum Gasteiger partial charge on any atom is 0.305 e. The number of carbonyl (C=O) groups is 5. The molecule has 5 rings (SSSR count). The molecular weight excluding hydrogens is 499 g/mol. The number of para-hydroxylation sites is 1. The Morgan fingerprint density at radius 3 is 2.43 bits per heavy atom. The van der Waals surface area contributed by atoms with Crippen LogP contribution in [0, 0.1) is 17.8 Å². The molecule has 184 valence electrons. The van der Waals surface area contributed by atoms with Crippen molar-refractivity contribution in [1.29, 1.82) is 0 Å². The lowest BCUT2D eigenvalue weighted by molar-refractivity contribution is -0.143. The number of nitrogens with zero attached hydrogens (tertiary/aromatic N) is 2. The average Bonchev–Trinajstić information content (AvgIpc) is 3.13. The summed E-state index contributed by atoms with van der Waals surface area (Å²) in [5.74, 6) is -7.04. The zero-order valence-corrected chi connectivity index (χ0v) is 20.1. The molecule has 0 aromatic heterocycles. The van der Waals surface area contributed by atoms with Crippen LogP contribution in [0.1, 0.15) is 30.7 Å². The van der Waals surface area contributed by atoms with E-state index in [1.54, 1.807) is 24.3 Å². The molecule has 1 aromatic carbocycles. The molecule has 2 aliphatic carbocycles. The van der Waals surface area contributed by atoms with Crippen LogP contribution in [0.2, 0.25) is 0 Å². The lowest BCUT2D eigenvalue weighted by Crippen LogP contribution is -2.60. The summed E-state index contributed by atoms with van der Waals surface area (Å²) in [5.41, 5.74) is 0.856. The summed E-state index contributed by atoms with van der Waals surface area (Å²) in [5, 5.41) is 19.7. The second-order valence-corrected chi connectivity index (χ2v) is 10.8. The monoisotopic (exact) mass is 520 g/mol. The van der Waals surface area contributed by atoms with Crippen LogP contribution >= 0.6 is 23.2 Å². The van der Waals surface area contributed by atoms with Gasteiger partial charge in [-0.2, -0.15) is 0 Å². The van der Waals surface area contributed by atoms with Gasteiger partial charge in [-0.3, -0.25) is 33.8 Å². The molecule has 3 fully saturated rings. The lowest BCUT2D eigenvalue weighted by atomic mass is 9.56. The number of rotatable bonds is 4. The number of hydrogen-bond donors (Lipinski definition) is 2. The van der Waals surface area contributed by atoms with Crippen molar-refractivity contribution >= 4 is 52.8 Å². The van der Waals surface area contributed by atoms with E-state index in [1.807, 2.05) is 0 Å². The van der Waals surface area contributed by atoms with E-state index in [2.05, 4.69) is 0 Å². The van der Waals surface area contributed by atoms with Gasteiger partial charge >= 0.3 is 5.97 Å². The number of carboxylic acid groups (broad SMARTS) is 1. The summed E-state index contributed by atoms with van der Waals surface area (Å²) >= 11 is 14.0. The van der Waals surface area contributed by atoms with Crippen molar-refractivity contribution in [3.05, 3.63) is 41.5 Å². The van der Waals surface area contributed by atoms with Gasteiger partial charge in [0.05, 0.1) is 18.3 Å². The molecule has 6 atom stereocenters. The second kappa shape index (κ2) is 7.80. The molecule has 9 nitrogen and oxygen atoms in total. The molecule has 0 unspecified atom stereocenters. The SMILES string of the molecule is CN1C(=O)[C@]2(Cl)C[C@@H]3C(=CC[C@@H]4C(=O)N(CCC(=O)O)C(=O)[C@@H]43)[C@H](c3ccccc3O)[C@]2(Cl)C1=O. The van der Waals surface area contributed by atoms with Crippen molar-refractivity contribution in [2.45, 2.75) is 34.9 Å². The molecule has 2 aliphatic heterocycles. The molecule has 35 heavy (non-hydrogen) atoms. The molecule has 4 amide bonds. The van der Waals surface area contributed by atoms with Crippen LogP contribution in [0.4, 0.5) is 0 Å². The quantitative estimate of drug-likeness (QED) is 0.351. The highest BCUT2D eigenvalue weighted by Gasteiger charge is 2.76. The van der Waals surface area contributed by atoms with Crippen molar-refractivity contribution in [1.82, 2.24) is 9.80 Å². The Bertz CT molecular complexity index is 1230. The van der Waals surface area contributed by atoms with Gasteiger partial charge in [0.2, 0.25) is 11.8 Å². The molecule has 1 saturated carbocycles. The zero-order chi connectivity index (χ0) is 25.4. The number of imide groups is 2. The first-order valence-electron chi connectivity index (χ1n) is 11.2. The molecule has 2 saturated heterocycles. The zero-order valence-electron chi connectivity index (χ0n) is 18.6. The topological polar surface area (TPSA) is 132 Å². The average molecular weight is 521 g/mol. The number of hydrogen-bond acceptors (Lipinski definition) is 6. The predicted octanol–water partition coefficient (Wildman–Crippen LogP) is 1.86. The van der Waals surface area contributed by atoms with Gasteiger partial charge in [-0.25, -0.2) is 0 Å². The van der Waals surface area contributed by atoms with Gasteiger partial charge in [0.25, 0.3) is 11.8 Å². The molecule has 1 aromatic rings. The molecule has 11 heteroatoms. The minimum Gasteiger partial charge on any atom is -0.508 e. The maximum atomic E-state index is 13.4. The van der Waals surface area contributed by atoms with Crippen molar-refractivity contribution in [3.8, 4) is 5.75 Å². The first-order chi connectivity index (χ1) is 16.4. The molecular formula is C24H22Cl2N2O7. The molecule has 2 heterocycles. The fraction of sp³-hybridized carbons (Fsp3) is 0.458. The molecule has 0 radical (unpaired) electrons. The van der Waals surface area contributed by atoms with Gasteiger partial charge in [0.15, 0.2) is 9.75 Å². The van der Waals surface area contributed by atoms with E-state index in [-0.39, 0.29) is 37.1 Å². The smallest absolute Gasteiger partial charge is 0.305 e. The number of allylic oxidation sites excluding steroid dienone is 2. The fourth-order valence-corrected chi connectivity index (χ4v) is 7.33. The number of benzene rings is 1. The summed E-state index contributed by atoms with van der Waals surface area (Å²) in [6, 6.07) is 6.29. The van der Waals surface area contributed by atoms with Gasteiger partial charge in [0.1, 0.15) is 5.75 Å². The van der Waals surface area contributed by atoms with E-state index in [0.29, 0.717) is 5.57 Å². The highest BCUT2D eigenvalue weighted by atomic mass is 35.5. The number of alkyl halides is 2. The van der Waals surface area contributed by atoms with Crippen LogP contribution in [0.5, 0.6) is 5.75 Å². The third-order valence-electron chi connectivity index (χ3n) is 7.90. The van der Waals surface area contributed by atoms with Crippen molar-refractivity contribution in [2.24, 2.45) is 17.8 Å². The lowest BCUT2D eigenvalue weighted by Gasteiger charge is -2.50. The van der Waals surface area contributed by atoms with E-state index in [0.717, 1.165) is 9.80 Å². The minimum atomic E-state index is -1.96. The highest BCUT2D eigenvalue weighted by Crippen LogP contribution is 2.65. The van der Waals surface area contributed by atoms with Gasteiger partial charge in [-0.05, 0) is 24.8 Å². The number of phenols is 1. The van der Waals surface area contributed by atoms with E-state index >= 15 is 0 Å². The summed E-state index contributed by atoms with van der Waals surface area (Å²) in [4.78, 5) is 62.1. The van der Waals surface area contributed by atoms with Crippen molar-refractivity contribution in [2.75, 3.05) is 13.6 Å². The van der Waals surface area contributed by atoms with Gasteiger partial charge in [-0.1, -0.05) is 29.8 Å². The highest BCUT2D eigenvalue weighted by molar-refractivity contribution is 6.53. The summed E-state index contributed by atoms with van der Waals surface area (Å²) in [6.45, 7) is -0.253. The van der Waals surface area contributed by atoms with Crippen LogP contribution in [0.3, 0.4) is 0 Å². The van der Waals surface area contributed by atoms with Crippen LogP contribution in [-0.2, 0) is 24.0 Å². The van der Waals surface area contributed by atoms with Crippen LogP contribution in [-0.4, -0.2) is 73.0 Å². The number of carboxylic acids is 1. The number of aromatic hydroxyl groups is 1. The Morgan fingerprint density at radius 2 is 1.77 bits per heavy atom. The predicted molar refractivity (Wildman–Crippen MR) is 123 cm³/mol. The number of aliphatic carboxylic acids is 1. The number of halogens is 2. The van der Waals surface area contributed by atoms with Crippen LogP contribution < -0.4 is 0 Å². The van der Waals surface area contributed by atoms with E-state index in [1.165, 1.54) is 13.1 Å². The van der Waals surface area contributed by atoms with E-state index in [4.69, 9.17) is 28.3 Å². The molecule has 0 bridgehead atoms. The fourth-order valence-electron chi connectivity index (χ4n) is 6.31. The van der Waals surface area contributed by atoms with Crippen LogP contribution in [0.25, 0.3) is 0 Å². The van der Waals surface area contributed by atoms with Crippen molar-refractivity contribution < 1.29 is 34.2 Å². The second-order valence-electron chi connectivity index (χ2n) is 9.53. The first kappa shape index (κ1) is 23.8. The van der Waals surface area contributed by atoms with E-state index < -0.39 is 63.0 Å². The first-order valence-corrected chi connectivity index (χ1v) is 12.0.